The van der Waals surface area contributed by atoms with E-state index >= 15 is 0 Å². The number of aliphatic hydroxyl groups excluding tert-OH is 1. The van der Waals surface area contributed by atoms with E-state index in [9.17, 15) is 15.0 Å². The van der Waals surface area contributed by atoms with E-state index < -0.39 is 12.0 Å². The third kappa shape index (κ3) is 4.59. The number of carbonyl (C=O) groups is 1. The Labute approximate surface area is 159 Å². The standard InChI is InChI=1S/C21H26N2O4/c1-27-16-8-3-13(4-9-16)2-6-15-7-10-18(23-15)20(25)14-5-11-19(24)17(12-14)21(22)26/h3-5,8-9,11-12,15,18,20,23-25H,2,6-7,10H2,1H3,(H2,22,26). The summed E-state index contributed by atoms with van der Waals surface area (Å²) in [6.07, 6.45) is 3.02. The Morgan fingerprint density at radius 3 is 2.67 bits per heavy atom. The quantitative estimate of drug-likeness (QED) is 0.599. The van der Waals surface area contributed by atoms with E-state index in [-0.39, 0.29) is 17.4 Å². The highest BCUT2D eigenvalue weighted by Gasteiger charge is 2.30. The van der Waals surface area contributed by atoms with Gasteiger partial charge in [0, 0.05) is 12.1 Å². The average Bonchev–Trinajstić information content (AvgIpc) is 3.15. The molecule has 1 aliphatic rings. The molecule has 0 aromatic heterocycles. The highest BCUT2D eigenvalue weighted by molar-refractivity contribution is 5.95. The van der Waals surface area contributed by atoms with E-state index in [0.717, 1.165) is 31.4 Å². The van der Waals surface area contributed by atoms with Gasteiger partial charge in [-0.3, -0.25) is 4.79 Å². The molecule has 27 heavy (non-hydrogen) atoms. The summed E-state index contributed by atoms with van der Waals surface area (Å²) in [4.78, 5) is 11.4. The van der Waals surface area contributed by atoms with Gasteiger partial charge in [0.2, 0.25) is 0 Å². The third-order valence-electron chi connectivity index (χ3n) is 5.23. The van der Waals surface area contributed by atoms with Crippen LogP contribution in [0.5, 0.6) is 11.5 Å². The van der Waals surface area contributed by atoms with Gasteiger partial charge >= 0.3 is 0 Å². The first kappa shape index (κ1) is 19.2. The molecule has 5 N–H and O–H groups in total. The molecule has 2 aromatic carbocycles. The normalized spacial score (nSPS) is 20.4. The molecule has 1 amide bonds. The molecule has 2 aromatic rings. The maximum atomic E-state index is 11.4. The molecule has 144 valence electrons. The van der Waals surface area contributed by atoms with E-state index in [2.05, 4.69) is 17.4 Å². The van der Waals surface area contributed by atoms with Crippen molar-refractivity contribution >= 4 is 5.91 Å². The number of benzene rings is 2. The van der Waals surface area contributed by atoms with Crippen molar-refractivity contribution in [2.75, 3.05) is 7.11 Å². The minimum atomic E-state index is -0.755. The molecular weight excluding hydrogens is 344 g/mol. The molecule has 3 unspecified atom stereocenters. The summed E-state index contributed by atoms with van der Waals surface area (Å²) in [5.41, 5.74) is 7.13. The van der Waals surface area contributed by atoms with E-state index in [0.29, 0.717) is 11.6 Å². The van der Waals surface area contributed by atoms with Gasteiger partial charge in [0.1, 0.15) is 11.5 Å². The SMILES string of the molecule is COc1ccc(CCC2CCC(C(O)c3ccc(O)c(C(N)=O)c3)N2)cc1. The van der Waals surface area contributed by atoms with Crippen LogP contribution in [0, 0.1) is 0 Å². The number of phenols is 1. The number of aliphatic hydroxyl groups is 1. The zero-order chi connectivity index (χ0) is 19.4. The van der Waals surface area contributed by atoms with Crippen molar-refractivity contribution in [3.05, 3.63) is 59.2 Å². The molecule has 1 aliphatic heterocycles. The monoisotopic (exact) mass is 370 g/mol. The maximum absolute atomic E-state index is 11.4. The predicted molar refractivity (Wildman–Crippen MR) is 103 cm³/mol. The Morgan fingerprint density at radius 2 is 2.00 bits per heavy atom. The number of aromatic hydroxyl groups is 1. The van der Waals surface area contributed by atoms with Crippen LogP contribution in [0.2, 0.25) is 0 Å². The van der Waals surface area contributed by atoms with Gasteiger partial charge in [0.15, 0.2) is 0 Å². The van der Waals surface area contributed by atoms with Gasteiger partial charge in [-0.2, -0.15) is 0 Å². The van der Waals surface area contributed by atoms with E-state index in [1.165, 1.54) is 17.7 Å². The van der Waals surface area contributed by atoms with Gasteiger partial charge in [0.25, 0.3) is 5.91 Å². The number of amides is 1. The Bertz CT molecular complexity index is 791. The molecule has 0 spiro atoms. The zero-order valence-corrected chi connectivity index (χ0v) is 15.4. The van der Waals surface area contributed by atoms with Crippen molar-refractivity contribution in [3.63, 3.8) is 0 Å². The van der Waals surface area contributed by atoms with Crippen molar-refractivity contribution in [3.8, 4) is 11.5 Å². The van der Waals surface area contributed by atoms with Crippen molar-refractivity contribution < 1.29 is 19.7 Å². The second-order valence-electron chi connectivity index (χ2n) is 7.02. The lowest BCUT2D eigenvalue weighted by Crippen LogP contribution is -2.34. The van der Waals surface area contributed by atoms with Crippen LogP contribution in [0.15, 0.2) is 42.5 Å². The van der Waals surface area contributed by atoms with E-state index in [4.69, 9.17) is 10.5 Å². The summed E-state index contributed by atoms with van der Waals surface area (Å²) in [5, 5.41) is 23.9. The van der Waals surface area contributed by atoms with Crippen molar-refractivity contribution in [2.45, 2.75) is 43.9 Å². The largest absolute Gasteiger partial charge is 0.507 e. The first-order chi connectivity index (χ1) is 13.0. The highest BCUT2D eigenvalue weighted by atomic mass is 16.5. The molecule has 0 aliphatic carbocycles. The molecule has 0 bridgehead atoms. The first-order valence-corrected chi connectivity index (χ1v) is 9.17. The van der Waals surface area contributed by atoms with Crippen molar-refractivity contribution in [2.24, 2.45) is 5.73 Å². The summed E-state index contributed by atoms with van der Waals surface area (Å²) in [5.74, 6) is -0.0290. The van der Waals surface area contributed by atoms with Crippen LogP contribution in [0.1, 0.15) is 46.9 Å². The Balaban J connectivity index is 1.57. The zero-order valence-electron chi connectivity index (χ0n) is 15.4. The molecule has 6 heteroatoms. The van der Waals surface area contributed by atoms with Crippen molar-refractivity contribution in [1.82, 2.24) is 5.32 Å². The van der Waals surface area contributed by atoms with Crippen LogP contribution in [0.25, 0.3) is 0 Å². The number of primary amides is 1. The molecular formula is C21H26N2O4. The number of hydrogen-bond donors (Lipinski definition) is 4. The molecule has 1 saturated heterocycles. The molecule has 6 nitrogen and oxygen atoms in total. The van der Waals surface area contributed by atoms with Gasteiger partial charge in [0.05, 0.1) is 18.8 Å². The molecule has 0 radical (unpaired) electrons. The second kappa shape index (κ2) is 8.41. The first-order valence-electron chi connectivity index (χ1n) is 9.17. The Hall–Kier alpha value is -2.57. The summed E-state index contributed by atoms with van der Waals surface area (Å²) in [6.45, 7) is 0. The number of nitrogens with one attached hydrogen (secondary N) is 1. The summed E-state index contributed by atoms with van der Waals surface area (Å²) >= 11 is 0. The highest BCUT2D eigenvalue weighted by Crippen LogP contribution is 2.29. The van der Waals surface area contributed by atoms with Crippen LogP contribution in [-0.4, -0.2) is 35.3 Å². The maximum Gasteiger partial charge on any atom is 0.252 e. The number of rotatable bonds is 7. The van der Waals surface area contributed by atoms with Crippen molar-refractivity contribution in [1.29, 1.82) is 0 Å². The minimum Gasteiger partial charge on any atom is -0.507 e. The number of nitrogens with two attached hydrogens (primary N) is 1. The minimum absolute atomic E-state index is 0.0283. The summed E-state index contributed by atoms with van der Waals surface area (Å²) in [6, 6.07) is 12.8. The fourth-order valence-electron chi connectivity index (χ4n) is 3.63. The fourth-order valence-corrected chi connectivity index (χ4v) is 3.63. The van der Waals surface area contributed by atoms with E-state index in [1.54, 1.807) is 13.2 Å². The van der Waals surface area contributed by atoms with Crippen LogP contribution in [0.4, 0.5) is 0 Å². The Morgan fingerprint density at radius 1 is 1.26 bits per heavy atom. The van der Waals surface area contributed by atoms with Gasteiger partial charge in [-0.1, -0.05) is 18.2 Å². The second-order valence-corrected chi connectivity index (χ2v) is 7.02. The molecule has 0 saturated carbocycles. The van der Waals surface area contributed by atoms with Crippen LogP contribution in [-0.2, 0) is 6.42 Å². The molecule has 1 heterocycles. The summed E-state index contributed by atoms with van der Waals surface area (Å²) in [7, 11) is 1.66. The number of carbonyl (C=O) groups excluding carboxylic acids is 1. The number of hydrogen-bond acceptors (Lipinski definition) is 5. The molecule has 3 rings (SSSR count). The number of aryl methyl sites for hydroxylation is 1. The molecule has 3 atom stereocenters. The van der Waals surface area contributed by atoms with E-state index in [1.807, 2.05) is 12.1 Å². The number of methoxy groups -OCH3 is 1. The summed E-state index contributed by atoms with van der Waals surface area (Å²) < 4.78 is 5.18. The average molecular weight is 370 g/mol. The number of ether oxygens (including phenoxy) is 1. The topological polar surface area (TPSA) is 105 Å². The smallest absolute Gasteiger partial charge is 0.252 e. The van der Waals surface area contributed by atoms with Gasteiger partial charge in [-0.05, 0) is 61.1 Å². The van der Waals surface area contributed by atoms with Crippen LogP contribution >= 0.6 is 0 Å². The Kier molecular flexibility index (Phi) is 5.98. The third-order valence-corrected chi connectivity index (χ3v) is 5.23. The fraction of sp³-hybridized carbons (Fsp3) is 0.381. The lowest BCUT2D eigenvalue weighted by atomic mass is 9.98. The predicted octanol–water partition coefficient (Wildman–Crippen LogP) is 2.29. The van der Waals surface area contributed by atoms with Crippen LogP contribution in [0.3, 0.4) is 0 Å². The van der Waals surface area contributed by atoms with Gasteiger partial charge < -0.3 is 26.0 Å². The lowest BCUT2D eigenvalue weighted by Gasteiger charge is -2.21. The van der Waals surface area contributed by atoms with Gasteiger partial charge in [-0.25, -0.2) is 0 Å². The lowest BCUT2D eigenvalue weighted by molar-refractivity contribution is 0.0996. The van der Waals surface area contributed by atoms with Gasteiger partial charge in [-0.15, -0.1) is 0 Å². The molecule has 1 fully saturated rings. The van der Waals surface area contributed by atoms with Crippen LogP contribution < -0.4 is 15.8 Å².